The van der Waals surface area contributed by atoms with Gasteiger partial charge in [0.15, 0.2) is 8.07 Å². The Balaban J connectivity index is 0.903. The summed E-state index contributed by atoms with van der Waals surface area (Å²) < 4.78 is 9.08. The highest BCUT2D eigenvalue weighted by Crippen LogP contribution is 2.45. The molecule has 0 spiro atoms. The van der Waals surface area contributed by atoms with E-state index in [-0.39, 0.29) is 0 Å². The molecular formula is C60H41NOSSi. The van der Waals surface area contributed by atoms with Crippen molar-refractivity contribution in [2.24, 2.45) is 0 Å². The van der Waals surface area contributed by atoms with Crippen LogP contribution in [-0.2, 0) is 0 Å². The second-order valence-electron chi connectivity index (χ2n) is 16.4. The third-order valence-corrected chi connectivity index (χ3v) is 18.9. The molecule has 0 aliphatic heterocycles. The van der Waals surface area contributed by atoms with Crippen molar-refractivity contribution in [3.8, 4) is 22.3 Å². The molecule has 0 saturated heterocycles. The molecule has 2 aromatic heterocycles. The van der Waals surface area contributed by atoms with Crippen LogP contribution >= 0.6 is 11.3 Å². The molecule has 0 fully saturated rings. The fraction of sp³-hybridized carbons (Fsp3) is 0. The monoisotopic (exact) mass is 851 g/mol. The Morgan fingerprint density at radius 3 is 1.39 bits per heavy atom. The molecule has 0 N–H and O–H groups in total. The van der Waals surface area contributed by atoms with Crippen LogP contribution in [0, 0.1) is 0 Å². The van der Waals surface area contributed by atoms with Gasteiger partial charge in [-0.3, -0.25) is 0 Å². The fourth-order valence-corrected chi connectivity index (χ4v) is 15.9. The summed E-state index contributed by atoms with van der Waals surface area (Å²) in [4.78, 5) is 2.34. The summed E-state index contributed by atoms with van der Waals surface area (Å²) in [5, 5.41) is 10.4. The van der Waals surface area contributed by atoms with Gasteiger partial charge in [-0.25, -0.2) is 0 Å². The lowest BCUT2D eigenvalue weighted by Crippen LogP contribution is -2.74. The lowest BCUT2D eigenvalue weighted by molar-refractivity contribution is 0.669. The third-order valence-electron chi connectivity index (χ3n) is 12.9. The highest BCUT2D eigenvalue weighted by molar-refractivity contribution is 7.26. The molecule has 4 heteroatoms. The normalized spacial score (nSPS) is 11.8. The number of hydrogen-bond donors (Lipinski definition) is 0. The van der Waals surface area contributed by atoms with Gasteiger partial charge in [-0.15, -0.1) is 11.3 Å². The van der Waals surface area contributed by atoms with Crippen molar-refractivity contribution in [3.63, 3.8) is 0 Å². The molecule has 12 rings (SSSR count). The van der Waals surface area contributed by atoms with Crippen molar-refractivity contribution in [1.29, 1.82) is 0 Å². The van der Waals surface area contributed by atoms with E-state index < -0.39 is 8.07 Å². The SMILES string of the molecule is c1ccc(N(c2ccc(-c3ccc([Si](c4ccccc4)(c4ccccc4)c4ccccc4)cc3)cc2)c2ccc(-c3cccc4oc5ccc6c7ccccc7sc6c5c34)cc2)cc1. The maximum atomic E-state index is 6.51. The zero-order chi connectivity index (χ0) is 42.5. The van der Waals surface area contributed by atoms with Crippen LogP contribution in [0.5, 0.6) is 0 Å². The Labute approximate surface area is 377 Å². The highest BCUT2D eigenvalue weighted by atomic mass is 32.1. The summed E-state index contributed by atoms with van der Waals surface area (Å²) in [6.45, 7) is 0. The van der Waals surface area contributed by atoms with Gasteiger partial charge in [0.25, 0.3) is 0 Å². The van der Waals surface area contributed by atoms with Gasteiger partial charge in [-0.1, -0.05) is 188 Å². The number of benzene rings is 10. The highest BCUT2D eigenvalue weighted by Gasteiger charge is 2.41. The number of hydrogen-bond acceptors (Lipinski definition) is 3. The molecule has 0 bridgehead atoms. The Hall–Kier alpha value is -7.76. The number of fused-ring (bicyclic) bond motifs is 7. The average molecular weight is 852 g/mol. The minimum absolute atomic E-state index is 0.909. The third kappa shape index (κ3) is 6.30. The summed E-state index contributed by atoms with van der Waals surface area (Å²) in [6, 6.07) is 90.8. The van der Waals surface area contributed by atoms with E-state index in [0.29, 0.717) is 0 Å². The Morgan fingerprint density at radius 2 is 0.797 bits per heavy atom. The van der Waals surface area contributed by atoms with Crippen molar-refractivity contribution in [2.45, 2.75) is 0 Å². The molecule has 2 nitrogen and oxygen atoms in total. The fourth-order valence-electron chi connectivity index (χ4n) is 9.92. The molecule has 0 saturated carbocycles. The van der Waals surface area contributed by atoms with Crippen LogP contribution in [-0.4, -0.2) is 8.07 Å². The van der Waals surface area contributed by atoms with Crippen LogP contribution in [0.3, 0.4) is 0 Å². The summed E-state index contributed by atoms with van der Waals surface area (Å²) >= 11 is 1.85. The van der Waals surface area contributed by atoms with Crippen LogP contribution in [0.25, 0.3) is 64.4 Å². The van der Waals surface area contributed by atoms with Crippen molar-refractivity contribution in [1.82, 2.24) is 0 Å². The van der Waals surface area contributed by atoms with Gasteiger partial charge in [-0.05, 0) is 104 Å². The van der Waals surface area contributed by atoms with E-state index in [9.17, 15) is 0 Å². The number of thiophene rings is 1. The van der Waals surface area contributed by atoms with Crippen molar-refractivity contribution in [2.75, 3.05) is 4.90 Å². The van der Waals surface area contributed by atoms with Crippen LogP contribution in [0.1, 0.15) is 0 Å². The first-order chi connectivity index (χ1) is 31.7. The first-order valence-electron chi connectivity index (χ1n) is 21.8. The van der Waals surface area contributed by atoms with Gasteiger partial charge in [0.05, 0.1) is 0 Å². The molecule has 0 atom stereocenters. The number of furan rings is 1. The van der Waals surface area contributed by atoms with E-state index in [2.05, 4.69) is 254 Å². The van der Waals surface area contributed by atoms with Crippen molar-refractivity contribution >= 4 is 99.3 Å². The number of anilines is 3. The Kier molecular flexibility index (Phi) is 9.40. The molecule has 0 unspecified atom stereocenters. The maximum absolute atomic E-state index is 6.51. The first-order valence-corrected chi connectivity index (χ1v) is 24.6. The average Bonchev–Trinajstić information content (AvgIpc) is 3.95. The van der Waals surface area contributed by atoms with E-state index in [4.69, 9.17) is 4.42 Å². The second kappa shape index (κ2) is 15.9. The van der Waals surface area contributed by atoms with Gasteiger partial charge in [-0.2, -0.15) is 0 Å². The standard InChI is InChI=1S/C60H41NOSSi/c1-5-16-45(17-6-1)61(47-36-30-44(31-37-47)52-25-15-26-55-58(52)59-56(62-55)41-40-54-53-24-13-14-27-57(53)63-60(54)59)46-34-28-42(29-35-46)43-32-38-51(39-33-43)64(48-18-7-2-8-19-48,49-20-9-3-10-21-49)50-22-11-4-12-23-50/h1-41H. The van der Waals surface area contributed by atoms with Crippen LogP contribution in [0.2, 0.25) is 0 Å². The predicted molar refractivity (Wildman–Crippen MR) is 276 cm³/mol. The number of nitrogens with zero attached hydrogens (tertiary/aromatic N) is 1. The molecule has 0 aliphatic carbocycles. The molecule has 2 heterocycles. The van der Waals surface area contributed by atoms with Crippen LogP contribution in [0.15, 0.2) is 253 Å². The molecule has 302 valence electrons. The van der Waals surface area contributed by atoms with Crippen molar-refractivity contribution < 1.29 is 4.42 Å². The molecule has 0 amide bonds. The molecule has 64 heavy (non-hydrogen) atoms. The lowest BCUT2D eigenvalue weighted by Gasteiger charge is -2.34. The quantitative estimate of drug-likeness (QED) is 0.106. The smallest absolute Gasteiger partial charge is 0.179 e. The van der Waals surface area contributed by atoms with E-state index in [1.807, 2.05) is 11.3 Å². The van der Waals surface area contributed by atoms with Gasteiger partial charge >= 0.3 is 0 Å². The topological polar surface area (TPSA) is 16.4 Å². The summed E-state index contributed by atoms with van der Waals surface area (Å²) in [5.74, 6) is 0. The summed E-state index contributed by atoms with van der Waals surface area (Å²) in [7, 11) is -2.60. The zero-order valence-corrected chi connectivity index (χ0v) is 36.8. The predicted octanol–water partition coefficient (Wildman–Crippen LogP) is 14.1. The van der Waals surface area contributed by atoms with E-state index in [0.717, 1.165) is 33.8 Å². The molecule has 0 radical (unpaired) electrons. The molecule has 12 aromatic rings. The summed E-state index contributed by atoms with van der Waals surface area (Å²) in [6.07, 6.45) is 0. The zero-order valence-electron chi connectivity index (χ0n) is 34.9. The van der Waals surface area contributed by atoms with Gasteiger partial charge in [0.2, 0.25) is 0 Å². The Morgan fingerprint density at radius 1 is 0.328 bits per heavy atom. The van der Waals surface area contributed by atoms with E-state index >= 15 is 0 Å². The van der Waals surface area contributed by atoms with Gasteiger partial charge in [0, 0.05) is 48.0 Å². The van der Waals surface area contributed by atoms with Crippen LogP contribution in [0.4, 0.5) is 17.1 Å². The molecular weight excluding hydrogens is 811 g/mol. The maximum Gasteiger partial charge on any atom is 0.179 e. The summed E-state index contributed by atoms with van der Waals surface area (Å²) in [5.41, 5.74) is 9.82. The van der Waals surface area contributed by atoms with Gasteiger partial charge < -0.3 is 9.32 Å². The number of rotatable bonds is 9. The van der Waals surface area contributed by atoms with E-state index in [1.54, 1.807) is 0 Å². The minimum Gasteiger partial charge on any atom is -0.456 e. The second-order valence-corrected chi connectivity index (χ2v) is 21.2. The van der Waals surface area contributed by atoms with Gasteiger partial charge in [0.1, 0.15) is 11.2 Å². The number of para-hydroxylation sites is 1. The van der Waals surface area contributed by atoms with Crippen LogP contribution < -0.4 is 25.6 Å². The largest absolute Gasteiger partial charge is 0.456 e. The lowest BCUT2D eigenvalue weighted by atomic mass is 9.98. The molecule has 0 aliphatic rings. The first kappa shape index (κ1) is 38.0. The van der Waals surface area contributed by atoms with E-state index in [1.165, 1.54) is 68.4 Å². The van der Waals surface area contributed by atoms with Crippen molar-refractivity contribution in [3.05, 3.63) is 249 Å². The Bertz CT molecular complexity index is 3470. The minimum atomic E-state index is -2.60. The molecule has 10 aromatic carbocycles.